The molecule has 96 valence electrons. The second-order valence-electron chi connectivity index (χ2n) is 4.34. The zero-order valence-electron chi connectivity index (χ0n) is 11.1. The Kier molecular flexibility index (Phi) is 3.61. The molecule has 0 bridgehead atoms. The molecule has 0 radical (unpaired) electrons. The Morgan fingerprint density at radius 1 is 1.39 bits per heavy atom. The van der Waals surface area contributed by atoms with Gasteiger partial charge in [0, 0.05) is 11.4 Å². The molecule has 5 heteroatoms. The Labute approximate surface area is 111 Å². The second-order valence-corrected chi connectivity index (χ2v) is 5.62. The third-order valence-corrected chi connectivity index (χ3v) is 3.94. The Morgan fingerprint density at radius 3 is 2.67 bits per heavy atom. The first kappa shape index (κ1) is 13.0. The zero-order chi connectivity index (χ0) is 13.3. The van der Waals surface area contributed by atoms with E-state index in [1.54, 1.807) is 16.0 Å². The molecular weight excluding hydrogens is 246 g/mol. The SMILES string of the molecule is CCn1nc(C)cc1C(=O)Cc1nc(C)c(C)s1. The first-order chi connectivity index (χ1) is 8.51. The average molecular weight is 263 g/mol. The molecule has 0 saturated carbocycles. The van der Waals surface area contributed by atoms with Crippen LogP contribution in [0.3, 0.4) is 0 Å². The number of thiazole rings is 1. The summed E-state index contributed by atoms with van der Waals surface area (Å²) in [5.41, 5.74) is 2.58. The Balaban J connectivity index is 2.21. The van der Waals surface area contributed by atoms with Gasteiger partial charge >= 0.3 is 0 Å². The van der Waals surface area contributed by atoms with E-state index in [4.69, 9.17) is 0 Å². The van der Waals surface area contributed by atoms with E-state index in [9.17, 15) is 4.79 Å². The van der Waals surface area contributed by atoms with Crippen LogP contribution in [-0.4, -0.2) is 20.5 Å². The highest BCUT2D eigenvalue weighted by Gasteiger charge is 2.16. The van der Waals surface area contributed by atoms with Gasteiger partial charge in [0.1, 0.15) is 10.7 Å². The molecule has 2 aromatic rings. The molecule has 2 aromatic heterocycles. The molecule has 0 aliphatic rings. The smallest absolute Gasteiger partial charge is 0.187 e. The number of carbonyl (C=O) groups excluding carboxylic acids is 1. The molecule has 0 aliphatic carbocycles. The van der Waals surface area contributed by atoms with Crippen molar-refractivity contribution < 1.29 is 4.79 Å². The Hall–Kier alpha value is -1.49. The fourth-order valence-electron chi connectivity index (χ4n) is 1.85. The predicted octanol–water partition coefficient (Wildman–Crippen LogP) is 2.71. The first-order valence-electron chi connectivity index (χ1n) is 6.01. The van der Waals surface area contributed by atoms with Crippen LogP contribution in [0.5, 0.6) is 0 Å². The summed E-state index contributed by atoms with van der Waals surface area (Å²) in [6.07, 6.45) is 0.366. The van der Waals surface area contributed by atoms with Gasteiger partial charge < -0.3 is 0 Å². The highest BCUT2D eigenvalue weighted by Crippen LogP contribution is 2.18. The molecule has 0 aromatic carbocycles. The molecule has 2 rings (SSSR count). The van der Waals surface area contributed by atoms with Crippen molar-refractivity contribution in [1.82, 2.24) is 14.8 Å². The van der Waals surface area contributed by atoms with Crippen LogP contribution in [0.1, 0.15) is 38.7 Å². The van der Waals surface area contributed by atoms with Crippen LogP contribution >= 0.6 is 11.3 Å². The molecule has 2 heterocycles. The summed E-state index contributed by atoms with van der Waals surface area (Å²) in [5.74, 6) is 0.0891. The summed E-state index contributed by atoms with van der Waals surface area (Å²) in [7, 11) is 0. The molecular formula is C13H17N3OS. The maximum atomic E-state index is 12.2. The molecule has 0 N–H and O–H groups in total. The van der Waals surface area contributed by atoms with Gasteiger partial charge in [-0.25, -0.2) is 4.98 Å². The van der Waals surface area contributed by atoms with Gasteiger partial charge in [0.2, 0.25) is 0 Å². The molecule has 0 fully saturated rings. The number of hydrogen-bond acceptors (Lipinski definition) is 4. The van der Waals surface area contributed by atoms with Crippen molar-refractivity contribution in [1.29, 1.82) is 0 Å². The second kappa shape index (κ2) is 5.02. The summed E-state index contributed by atoms with van der Waals surface area (Å²) >= 11 is 1.60. The fourth-order valence-corrected chi connectivity index (χ4v) is 2.79. The van der Waals surface area contributed by atoms with Crippen molar-refractivity contribution in [3.8, 4) is 0 Å². The van der Waals surface area contributed by atoms with E-state index in [-0.39, 0.29) is 5.78 Å². The molecule has 0 amide bonds. The van der Waals surface area contributed by atoms with E-state index in [1.807, 2.05) is 33.8 Å². The van der Waals surface area contributed by atoms with Gasteiger partial charge in [0.05, 0.1) is 17.8 Å². The lowest BCUT2D eigenvalue weighted by Gasteiger charge is -2.01. The number of aryl methyl sites for hydroxylation is 4. The number of carbonyl (C=O) groups is 1. The van der Waals surface area contributed by atoms with Gasteiger partial charge in [0.25, 0.3) is 0 Å². The number of aromatic nitrogens is 3. The van der Waals surface area contributed by atoms with E-state index < -0.39 is 0 Å². The minimum Gasteiger partial charge on any atom is -0.292 e. The lowest BCUT2D eigenvalue weighted by atomic mass is 10.2. The third kappa shape index (κ3) is 2.51. The van der Waals surface area contributed by atoms with Gasteiger partial charge in [-0.15, -0.1) is 11.3 Å². The molecule has 0 spiro atoms. The van der Waals surface area contributed by atoms with Gasteiger partial charge in [-0.3, -0.25) is 9.48 Å². The van der Waals surface area contributed by atoms with Gasteiger partial charge in [0.15, 0.2) is 5.78 Å². The number of Topliss-reactive ketones (excluding diaryl/α,β-unsaturated/α-hetero) is 1. The zero-order valence-corrected chi connectivity index (χ0v) is 12.0. The first-order valence-corrected chi connectivity index (χ1v) is 6.83. The van der Waals surface area contributed by atoms with Gasteiger partial charge in [-0.05, 0) is 33.8 Å². The molecule has 18 heavy (non-hydrogen) atoms. The van der Waals surface area contributed by atoms with E-state index in [1.165, 1.54) is 4.88 Å². The van der Waals surface area contributed by atoms with Crippen molar-refractivity contribution in [2.45, 2.75) is 40.7 Å². The summed E-state index contributed by atoms with van der Waals surface area (Å²) in [6, 6.07) is 1.85. The molecule has 0 aliphatic heterocycles. The fraction of sp³-hybridized carbons (Fsp3) is 0.462. The van der Waals surface area contributed by atoms with Crippen LogP contribution in [0.15, 0.2) is 6.07 Å². The number of rotatable bonds is 4. The molecule has 0 unspecified atom stereocenters. The maximum absolute atomic E-state index is 12.2. The highest BCUT2D eigenvalue weighted by molar-refractivity contribution is 7.11. The topological polar surface area (TPSA) is 47.8 Å². The van der Waals surface area contributed by atoms with Crippen LogP contribution in [0.2, 0.25) is 0 Å². The summed E-state index contributed by atoms with van der Waals surface area (Å²) in [6.45, 7) is 8.61. The monoisotopic (exact) mass is 263 g/mol. The number of ketones is 1. The van der Waals surface area contributed by atoms with Gasteiger partial charge in [-0.2, -0.15) is 5.10 Å². The third-order valence-electron chi connectivity index (χ3n) is 2.87. The Bertz CT molecular complexity index is 564. The summed E-state index contributed by atoms with van der Waals surface area (Å²) in [5, 5.41) is 5.18. The average Bonchev–Trinajstić information content (AvgIpc) is 2.83. The maximum Gasteiger partial charge on any atom is 0.187 e. The van der Waals surface area contributed by atoms with Crippen molar-refractivity contribution in [2.75, 3.05) is 0 Å². The standard InChI is InChI=1S/C13H17N3OS/c1-5-16-11(6-8(2)15-16)12(17)7-13-14-9(3)10(4)18-13/h6H,5,7H2,1-4H3. The lowest BCUT2D eigenvalue weighted by Crippen LogP contribution is -2.11. The largest absolute Gasteiger partial charge is 0.292 e. The van der Waals surface area contributed by atoms with Crippen LogP contribution in [0.25, 0.3) is 0 Å². The molecule has 0 saturated heterocycles. The van der Waals surface area contributed by atoms with Crippen molar-refractivity contribution in [3.05, 3.63) is 33.0 Å². The van der Waals surface area contributed by atoms with Gasteiger partial charge in [-0.1, -0.05) is 0 Å². The van der Waals surface area contributed by atoms with Crippen LogP contribution in [0.4, 0.5) is 0 Å². The normalized spacial score (nSPS) is 10.9. The Morgan fingerprint density at radius 2 is 2.11 bits per heavy atom. The van der Waals surface area contributed by atoms with E-state index in [0.29, 0.717) is 18.7 Å². The number of hydrogen-bond donors (Lipinski definition) is 0. The number of nitrogens with zero attached hydrogens (tertiary/aromatic N) is 3. The van der Waals surface area contributed by atoms with Crippen LogP contribution in [-0.2, 0) is 13.0 Å². The summed E-state index contributed by atoms with van der Waals surface area (Å²) in [4.78, 5) is 17.8. The van der Waals surface area contributed by atoms with E-state index >= 15 is 0 Å². The summed E-state index contributed by atoms with van der Waals surface area (Å²) < 4.78 is 1.75. The minimum absolute atomic E-state index is 0.0891. The van der Waals surface area contributed by atoms with Crippen LogP contribution < -0.4 is 0 Å². The van der Waals surface area contributed by atoms with Crippen molar-refractivity contribution in [2.24, 2.45) is 0 Å². The molecule has 0 atom stereocenters. The minimum atomic E-state index is 0.0891. The molecule has 4 nitrogen and oxygen atoms in total. The lowest BCUT2D eigenvalue weighted by molar-refractivity contribution is 0.0982. The van der Waals surface area contributed by atoms with Crippen molar-refractivity contribution >= 4 is 17.1 Å². The van der Waals surface area contributed by atoms with Crippen molar-refractivity contribution in [3.63, 3.8) is 0 Å². The highest BCUT2D eigenvalue weighted by atomic mass is 32.1. The van der Waals surface area contributed by atoms with E-state index in [2.05, 4.69) is 10.1 Å². The van der Waals surface area contributed by atoms with Crippen LogP contribution in [0, 0.1) is 20.8 Å². The predicted molar refractivity (Wildman–Crippen MR) is 72.3 cm³/mol. The van der Waals surface area contributed by atoms with E-state index in [0.717, 1.165) is 16.4 Å². The quantitative estimate of drug-likeness (QED) is 0.797.